The highest BCUT2D eigenvalue weighted by atomic mass is 32.2. The summed E-state index contributed by atoms with van der Waals surface area (Å²) in [5, 5.41) is 0. The third-order valence-electron chi connectivity index (χ3n) is 2.89. The summed E-state index contributed by atoms with van der Waals surface area (Å²) >= 11 is 0. The normalized spacial score (nSPS) is 11.7. The Morgan fingerprint density at radius 3 is 2.48 bits per heavy atom. The maximum Gasteiger partial charge on any atom is 0.323 e. The van der Waals surface area contributed by atoms with E-state index in [-0.39, 0.29) is 11.4 Å². The van der Waals surface area contributed by atoms with Gasteiger partial charge in [0.05, 0.1) is 16.7 Å². The first-order valence-corrected chi connectivity index (χ1v) is 7.43. The molecule has 8 heteroatoms. The number of fused-ring (bicyclic) bond motifs is 1. The Labute approximate surface area is 118 Å². The van der Waals surface area contributed by atoms with Gasteiger partial charge >= 0.3 is 5.69 Å². The molecule has 0 spiro atoms. The molecule has 0 aliphatic heterocycles. The molecule has 3 rings (SSSR count). The van der Waals surface area contributed by atoms with E-state index < -0.39 is 20.7 Å². The van der Waals surface area contributed by atoms with Gasteiger partial charge < -0.3 is 9.97 Å². The second-order valence-electron chi connectivity index (χ2n) is 4.38. The van der Waals surface area contributed by atoms with Gasteiger partial charge in [-0.25, -0.2) is 17.6 Å². The van der Waals surface area contributed by atoms with Gasteiger partial charge in [0, 0.05) is 0 Å². The highest BCUT2D eigenvalue weighted by Crippen LogP contribution is 2.20. The van der Waals surface area contributed by atoms with Crippen molar-refractivity contribution in [2.45, 2.75) is 4.90 Å². The average Bonchev–Trinajstić information content (AvgIpc) is 2.78. The van der Waals surface area contributed by atoms with E-state index in [2.05, 4.69) is 14.7 Å². The van der Waals surface area contributed by atoms with Gasteiger partial charge in [0.25, 0.3) is 10.0 Å². The van der Waals surface area contributed by atoms with Crippen LogP contribution in [-0.4, -0.2) is 18.4 Å². The summed E-state index contributed by atoms with van der Waals surface area (Å²) in [5.41, 5.74) is 0.836. The Morgan fingerprint density at radius 1 is 1.00 bits per heavy atom. The minimum Gasteiger partial charge on any atom is -0.306 e. The molecule has 0 radical (unpaired) electrons. The number of sulfonamides is 1. The number of aromatic nitrogens is 2. The van der Waals surface area contributed by atoms with Crippen molar-refractivity contribution in [3.8, 4) is 0 Å². The van der Waals surface area contributed by atoms with Gasteiger partial charge in [-0.2, -0.15) is 0 Å². The predicted octanol–water partition coefficient (Wildman–Crippen LogP) is 1.80. The number of imidazole rings is 1. The molecule has 6 nitrogen and oxygen atoms in total. The van der Waals surface area contributed by atoms with E-state index in [4.69, 9.17) is 0 Å². The van der Waals surface area contributed by atoms with Crippen LogP contribution in [0.3, 0.4) is 0 Å². The largest absolute Gasteiger partial charge is 0.323 e. The summed E-state index contributed by atoms with van der Waals surface area (Å²) in [5.74, 6) is -0.832. The van der Waals surface area contributed by atoms with Crippen LogP contribution in [0.2, 0.25) is 0 Å². The molecule has 108 valence electrons. The van der Waals surface area contributed by atoms with Crippen molar-refractivity contribution in [3.05, 3.63) is 58.8 Å². The molecular formula is C13H10FN3O3S. The van der Waals surface area contributed by atoms with Crippen molar-refractivity contribution in [2.24, 2.45) is 0 Å². The SMILES string of the molecule is O=c1[nH]c2ccc(NS(=O)(=O)c3ccccc3F)cc2[nH]1. The van der Waals surface area contributed by atoms with Crippen molar-refractivity contribution in [1.82, 2.24) is 9.97 Å². The molecule has 0 atom stereocenters. The van der Waals surface area contributed by atoms with Crippen LogP contribution >= 0.6 is 0 Å². The van der Waals surface area contributed by atoms with Gasteiger partial charge in [0.1, 0.15) is 10.7 Å². The summed E-state index contributed by atoms with van der Waals surface area (Å²) in [7, 11) is -4.03. The van der Waals surface area contributed by atoms with Crippen LogP contribution in [-0.2, 0) is 10.0 Å². The Hall–Kier alpha value is -2.61. The second kappa shape index (κ2) is 4.74. The first-order chi connectivity index (χ1) is 9.95. The molecule has 0 saturated heterocycles. The molecule has 0 unspecified atom stereocenters. The van der Waals surface area contributed by atoms with E-state index >= 15 is 0 Å². The summed E-state index contributed by atoms with van der Waals surface area (Å²) in [6, 6.07) is 9.56. The molecule has 3 aromatic rings. The van der Waals surface area contributed by atoms with Crippen LogP contribution in [0.1, 0.15) is 0 Å². The zero-order valence-corrected chi connectivity index (χ0v) is 11.4. The lowest BCUT2D eigenvalue weighted by molar-refractivity contribution is 0.570. The molecule has 1 heterocycles. The van der Waals surface area contributed by atoms with E-state index in [0.29, 0.717) is 11.0 Å². The molecule has 0 aliphatic rings. The van der Waals surface area contributed by atoms with Gasteiger partial charge in [-0.05, 0) is 30.3 Å². The lowest BCUT2D eigenvalue weighted by Gasteiger charge is -2.08. The maximum atomic E-state index is 13.6. The number of benzene rings is 2. The first kappa shape index (κ1) is 13.4. The molecule has 21 heavy (non-hydrogen) atoms. The van der Waals surface area contributed by atoms with Gasteiger partial charge in [-0.3, -0.25) is 4.72 Å². The molecule has 3 N–H and O–H groups in total. The fourth-order valence-corrected chi connectivity index (χ4v) is 3.10. The quantitative estimate of drug-likeness (QED) is 0.688. The van der Waals surface area contributed by atoms with Crippen LogP contribution in [0.15, 0.2) is 52.2 Å². The van der Waals surface area contributed by atoms with Crippen molar-refractivity contribution in [1.29, 1.82) is 0 Å². The third kappa shape index (κ3) is 2.52. The number of halogens is 1. The number of hydrogen-bond donors (Lipinski definition) is 3. The van der Waals surface area contributed by atoms with Crippen molar-refractivity contribution < 1.29 is 12.8 Å². The minimum atomic E-state index is -4.03. The summed E-state index contributed by atoms with van der Waals surface area (Å²) < 4.78 is 40.1. The van der Waals surface area contributed by atoms with Gasteiger partial charge in [-0.1, -0.05) is 12.1 Å². The fourth-order valence-electron chi connectivity index (χ4n) is 1.97. The van der Waals surface area contributed by atoms with Crippen LogP contribution in [0.25, 0.3) is 11.0 Å². The number of rotatable bonds is 3. The Balaban J connectivity index is 2.01. The Kier molecular flexibility index (Phi) is 3.02. The standard InChI is InChI=1S/C13H10FN3O3S/c14-9-3-1-2-4-12(9)21(19,20)17-8-5-6-10-11(7-8)16-13(18)15-10/h1-7,17H,(H2,15,16,18). The van der Waals surface area contributed by atoms with E-state index in [1.807, 2.05) is 0 Å². The third-order valence-corrected chi connectivity index (χ3v) is 4.31. The summed E-state index contributed by atoms with van der Waals surface area (Å²) in [4.78, 5) is 15.8. The van der Waals surface area contributed by atoms with E-state index in [9.17, 15) is 17.6 Å². The van der Waals surface area contributed by atoms with Crippen molar-refractivity contribution in [2.75, 3.05) is 4.72 Å². The molecular weight excluding hydrogens is 297 g/mol. The van der Waals surface area contributed by atoms with Crippen LogP contribution in [0.5, 0.6) is 0 Å². The second-order valence-corrected chi connectivity index (χ2v) is 6.03. The van der Waals surface area contributed by atoms with E-state index in [1.165, 1.54) is 30.3 Å². The first-order valence-electron chi connectivity index (χ1n) is 5.95. The topological polar surface area (TPSA) is 94.8 Å². The molecule has 0 aliphatic carbocycles. The average molecular weight is 307 g/mol. The summed E-state index contributed by atoms with van der Waals surface area (Å²) in [6.45, 7) is 0. The zero-order valence-electron chi connectivity index (χ0n) is 10.6. The highest BCUT2D eigenvalue weighted by Gasteiger charge is 2.18. The van der Waals surface area contributed by atoms with Crippen LogP contribution in [0, 0.1) is 5.82 Å². The van der Waals surface area contributed by atoms with Crippen LogP contribution < -0.4 is 10.4 Å². The number of nitrogens with one attached hydrogen (secondary N) is 3. The van der Waals surface area contributed by atoms with Gasteiger partial charge in [-0.15, -0.1) is 0 Å². The van der Waals surface area contributed by atoms with Crippen molar-refractivity contribution >= 4 is 26.7 Å². The number of H-pyrrole nitrogens is 2. The molecule has 0 bridgehead atoms. The van der Waals surface area contributed by atoms with E-state index in [0.717, 1.165) is 6.07 Å². The molecule has 2 aromatic carbocycles. The predicted molar refractivity (Wildman–Crippen MR) is 76.1 cm³/mol. The number of hydrogen-bond acceptors (Lipinski definition) is 3. The fraction of sp³-hybridized carbons (Fsp3) is 0. The van der Waals surface area contributed by atoms with Crippen molar-refractivity contribution in [3.63, 3.8) is 0 Å². The summed E-state index contributed by atoms with van der Waals surface area (Å²) in [6.07, 6.45) is 0. The molecule has 0 fully saturated rings. The van der Waals surface area contributed by atoms with Crippen LogP contribution in [0.4, 0.5) is 10.1 Å². The molecule has 1 aromatic heterocycles. The number of aromatic amines is 2. The molecule has 0 amide bonds. The molecule has 0 saturated carbocycles. The smallest absolute Gasteiger partial charge is 0.306 e. The van der Waals surface area contributed by atoms with Gasteiger partial charge in [0.2, 0.25) is 0 Å². The number of anilines is 1. The minimum absolute atomic E-state index is 0.223. The van der Waals surface area contributed by atoms with E-state index in [1.54, 1.807) is 6.07 Å². The lowest BCUT2D eigenvalue weighted by Crippen LogP contribution is -2.14. The Bertz CT molecular complexity index is 975. The maximum absolute atomic E-state index is 13.6. The highest BCUT2D eigenvalue weighted by molar-refractivity contribution is 7.92. The monoisotopic (exact) mass is 307 g/mol. The van der Waals surface area contributed by atoms with Gasteiger partial charge in [0.15, 0.2) is 0 Å². The zero-order chi connectivity index (χ0) is 15.0. The lowest BCUT2D eigenvalue weighted by atomic mass is 10.3. The Morgan fingerprint density at radius 2 is 1.71 bits per heavy atom.